The summed E-state index contributed by atoms with van der Waals surface area (Å²) >= 11 is -0.102. The fourth-order valence-electron chi connectivity index (χ4n) is 1.68. The van der Waals surface area contributed by atoms with Gasteiger partial charge in [0.1, 0.15) is 0 Å². The van der Waals surface area contributed by atoms with E-state index in [2.05, 4.69) is 50.0 Å². The summed E-state index contributed by atoms with van der Waals surface area (Å²) in [4.78, 5) is 4.56. The summed E-state index contributed by atoms with van der Waals surface area (Å²) in [6.07, 6.45) is 2.05. The van der Waals surface area contributed by atoms with Crippen molar-refractivity contribution in [3.63, 3.8) is 0 Å². The molecule has 1 aromatic carbocycles. The Morgan fingerprint density at radius 3 is 2.18 bits per heavy atom. The number of hydrogen-bond acceptors (Lipinski definition) is 1. The molecule has 1 aromatic heterocycles. The molecule has 17 heavy (non-hydrogen) atoms. The van der Waals surface area contributed by atoms with Crippen molar-refractivity contribution in [1.29, 1.82) is 0 Å². The van der Waals surface area contributed by atoms with Crippen molar-refractivity contribution in [2.45, 2.75) is 25.0 Å². The van der Waals surface area contributed by atoms with E-state index in [0.29, 0.717) is 4.25 Å². The van der Waals surface area contributed by atoms with Crippen LogP contribution in [0.2, 0.25) is 4.25 Å². The van der Waals surface area contributed by atoms with Crippen molar-refractivity contribution in [2.24, 2.45) is 0 Å². The Morgan fingerprint density at radius 2 is 1.65 bits per heavy atom. The third-order valence-electron chi connectivity index (χ3n) is 2.35. The molecule has 0 saturated carbocycles. The van der Waals surface area contributed by atoms with Crippen LogP contribution in [0.4, 0.5) is 0 Å². The second-order valence-corrected chi connectivity index (χ2v) is 10.1. The molecule has 0 bridgehead atoms. The van der Waals surface area contributed by atoms with Gasteiger partial charge in [0.15, 0.2) is 0 Å². The Bertz CT molecular complexity index is 469. The molecule has 0 spiro atoms. The first-order valence-corrected chi connectivity index (χ1v) is 7.94. The van der Waals surface area contributed by atoms with Crippen molar-refractivity contribution in [2.75, 3.05) is 0 Å². The Kier molecular flexibility index (Phi) is 3.67. The van der Waals surface area contributed by atoms with Gasteiger partial charge in [-0.1, -0.05) is 0 Å². The Balaban J connectivity index is 2.19. The van der Waals surface area contributed by atoms with E-state index >= 15 is 0 Å². The number of rotatable bonds is 2. The van der Waals surface area contributed by atoms with Crippen LogP contribution in [-0.4, -0.2) is 20.4 Å². The molecule has 0 atom stereocenters. The minimum absolute atomic E-state index is 0.102. The number of nitrogens with zero attached hydrogens (tertiary/aromatic N) is 1. The van der Waals surface area contributed by atoms with E-state index in [0.717, 1.165) is 5.69 Å². The summed E-state index contributed by atoms with van der Waals surface area (Å²) in [5.41, 5.74) is 2.25. The molecule has 0 unspecified atom stereocenters. The molecule has 2 radical (unpaired) electrons. The summed E-state index contributed by atoms with van der Waals surface area (Å²) in [5, 5.41) is 0. The number of benzene rings is 1. The van der Waals surface area contributed by atoms with Crippen LogP contribution in [0.15, 0.2) is 48.7 Å². The molecule has 1 heterocycles. The van der Waals surface area contributed by atoms with E-state index in [1.165, 1.54) is 9.96 Å². The summed E-state index contributed by atoms with van der Waals surface area (Å²) in [7, 11) is 0. The van der Waals surface area contributed by atoms with Crippen LogP contribution >= 0.6 is 0 Å². The topological polar surface area (TPSA) is 12.9 Å². The predicted molar refractivity (Wildman–Crippen MR) is 74.8 cm³/mol. The Morgan fingerprint density at radius 1 is 0.941 bits per heavy atom. The van der Waals surface area contributed by atoms with E-state index < -0.39 is 0 Å². The quantitative estimate of drug-likeness (QED) is 0.771. The maximum atomic E-state index is 4.56. The Labute approximate surface area is 110 Å². The van der Waals surface area contributed by atoms with E-state index in [-0.39, 0.29) is 15.4 Å². The molecule has 0 fully saturated rings. The van der Waals surface area contributed by atoms with Gasteiger partial charge in [0, 0.05) is 0 Å². The molecule has 1 nitrogen and oxygen atoms in total. The Hall–Kier alpha value is -1.09. The average Bonchev–Trinajstić information content (AvgIpc) is 2.29. The van der Waals surface area contributed by atoms with Gasteiger partial charge < -0.3 is 0 Å². The molecule has 2 rings (SSSR count). The van der Waals surface area contributed by atoms with Crippen LogP contribution in [0, 0.1) is 0 Å². The van der Waals surface area contributed by atoms with Gasteiger partial charge in [-0.3, -0.25) is 0 Å². The molecule has 0 N–H and O–H groups in total. The van der Waals surface area contributed by atoms with Gasteiger partial charge >= 0.3 is 110 Å². The van der Waals surface area contributed by atoms with Gasteiger partial charge in [-0.2, -0.15) is 0 Å². The molecule has 86 valence electrons. The fraction of sp³-hybridized carbons (Fsp3) is 0.267. The normalized spacial score (nSPS) is 11.5. The molecular formula is C15H17GeN. The van der Waals surface area contributed by atoms with Gasteiger partial charge in [0.25, 0.3) is 0 Å². The van der Waals surface area contributed by atoms with Gasteiger partial charge in [-0.25, -0.2) is 0 Å². The third-order valence-corrected chi connectivity index (χ3v) is 5.15. The van der Waals surface area contributed by atoms with E-state index in [9.17, 15) is 0 Å². The molecule has 0 saturated heterocycles. The average molecular weight is 284 g/mol. The van der Waals surface area contributed by atoms with Gasteiger partial charge in [-0.05, 0) is 0 Å². The predicted octanol–water partition coefficient (Wildman–Crippen LogP) is 3.30. The van der Waals surface area contributed by atoms with Crippen molar-refractivity contribution in [3.05, 3.63) is 48.7 Å². The second-order valence-electron chi connectivity index (χ2n) is 5.17. The van der Waals surface area contributed by atoms with Gasteiger partial charge in [-0.15, -0.1) is 0 Å². The van der Waals surface area contributed by atoms with Crippen molar-refractivity contribution in [1.82, 2.24) is 4.98 Å². The second kappa shape index (κ2) is 5.05. The summed E-state index contributed by atoms with van der Waals surface area (Å²) < 4.78 is 1.87. The van der Waals surface area contributed by atoms with Crippen LogP contribution < -0.4 is 4.40 Å². The zero-order valence-corrected chi connectivity index (χ0v) is 12.7. The van der Waals surface area contributed by atoms with Crippen molar-refractivity contribution in [3.8, 4) is 11.3 Å². The summed E-state index contributed by atoms with van der Waals surface area (Å²) in [6, 6.07) is 14.7. The molecular weight excluding hydrogens is 267 g/mol. The third kappa shape index (κ3) is 3.70. The zero-order valence-electron chi connectivity index (χ0n) is 10.6. The van der Waals surface area contributed by atoms with Crippen LogP contribution in [-0.2, 0) is 0 Å². The minimum atomic E-state index is -0.102. The van der Waals surface area contributed by atoms with Gasteiger partial charge in [0.2, 0.25) is 0 Å². The number of hydrogen-bond donors (Lipinski definition) is 0. The maximum absolute atomic E-state index is 4.56. The standard InChI is InChI=1S/C15H17GeN/c1-15(2,3)16-13-9-10-14(17-11-13)12-7-5-4-6-8-12/h4-11H,1-3H3. The summed E-state index contributed by atoms with van der Waals surface area (Å²) in [6.45, 7) is 6.91. The first kappa shape index (κ1) is 12.4. The van der Waals surface area contributed by atoms with E-state index in [1.54, 1.807) is 0 Å². The van der Waals surface area contributed by atoms with Crippen LogP contribution in [0.5, 0.6) is 0 Å². The van der Waals surface area contributed by atoms with Crippen molar-refractivity contribution < 1.29 is 0 Å². The zero-order chi connectivity index (χ0) is 12.3. The van der Waals surface area contributed by atoms with Crippen LogP contribution in [0.1, 0.15) is 20.8 Å². The number of aromatic nitrogens is 1. The fourth-order valence-corrected chi connectivity index (χ4v) is 4.12. The van der Waals surface area contributed by atoms with Gasteiger partial charge in [0.05, 0.1) is 0 Å². The first-order valence-electron chi connectivity index (χ1n) is 5.84. The molecule has 2 heteroatoms. The van der Waals surface area contributed by atoms with E-state index in [4.69, 9.17) is 0 Å². The van der Waals surface area contributed by atoms with Crippen LogP contribution in [0.3, 0.4) is 0 Å². The van der Waals surface area contributed by atoms with E-state index in [1.807, 2.05) is 24.4 Å². The molecule has 0 aliphatic carbocycles. The molecule has 0 aliphatic heterocycles. The SMILES string of the molecule is C[C](C)(C)[Ge][c]1ccc(-c2ccccc2)nc1. The summed E-state index contributed by atoms with van der Waals surface area (Å²) in [5.74, 6) is 0. The molecule has 2 aromatic rings. The van der Waals surface area contributed by atoms with Crippen molar-refractivity contribution >= 4 is 19.8 Å². The van der Waals surface area contributed by atoms with Crippen LogP contribution in [0.25, 0.3) is 11.3 Å². The number of pyridine rings is 1. The molecule has 0 amide bonds. The first-order chi connectivity index (χ1) is 8.04. The molecule has 0 aliphatic rings. The monoisotopic (exact) mass is 285 g/mol.